The molecule has 2 heterocycles. The Morgan fingerprint density at radius 3 is 2.75 bits per heavy atom. The molecule has 0 aliphatic heterocycles. The molecule has 0 fully saturated rings. The predicted molar refractivity (Wildman–Crippen MR) is 70.0 cm³/mol. The Bertz CT molecular complexity index is 800. The molecular weight excluding hydrogens is 311 g/mol. The van der Waals surface area contributed by atoms with Crippen LogP contribution in [0.4, 0.5) is 3.89 Å². The Kier molecular flexibility index (Phi) is 3.70. The van der Waals surface area contributed by atoms with Crippen molar-refractivity contribution in [3.05, 3.63) is 23.0 Å². The number of rotatable bonds is 3. The number of hydrogen-bond acceptors (Lipinski definition) is 5. The summed E-state index contributed by atoms with van der Waals surface area (Å²) in [5.74, 6) is -0.664. The van der Waals surface area contributed by atoms with Gasteiger partial charge in [0.25, 0.3) is 0 Å². The molecule has 6 nitrogen and oxygen atoms in total. The van der Waals surface area contributed by atoms with Crippen molar-refractivity contribution in [3.63, 3.8) is 0 Å². The Morgan fingerprint density at radius 1 is 1.55 bits per heavy atom. The van der Waals surface area contributed by atoms with Crippen LogP contribution in [0.5, 0.6) is 0 Å². The van der Waals surface area contributed by atoms with E-state index in [1.165, 1.54) is 11.6 Å². The van der Waals surface area contributed by atoms with E-state index in [9.17, 15) is 17.1 Å². The topological polar surface area (TPSA) is 78.3 Å². The van der Waals surface area contributed by atoms with Crippen molar-refractivity contribution < 1.29 is 21.8 Å². The Balaban J connectivity index is 2.73. The van der Waals surface area contributed by atoms with Crippen LogP contribution >= 0.6 is 11.6 Å². The highest BCUT2D eigenvalue weighted by Gasteiger charge is 2.23. The first-order valence-electron chi connectivity index (χ1n) is 5.53. The summed E-state index contributed by atoms with van der Waals surface area (Å²) in [6, 6.07) is 1.06. The number of pyridine rings is 1. The minimum Gasteiger partial charge on any atom is -0.461 e. The van der Waals surface area contributed by atoms with E-state index in [0.29, 0.717) is 0 Å². The zero-order chi connectivity index (χ0) is 15.1. The first-order chi connectivity index (χ1) is 9.27. The number of fused-ring (bicyclic) bond motifs is 1. The molecule has 0 atom stereocenters. The average molecular weight is 321 g/mol. The van der Waals surface area contributed by atoms with E-state index in [4.69, 9.17) is 16.3 Å². The minimum atomic E-state index is -4.88. The zero-order valence-corrected chi connectivity index (χ0v) is 12.1. The quantitative estimate of drug-likeness (QED) is 0.639. The third-order valence-electron chi connectivity index (χ3n) is 2.71. The number of carbonyl (C=O) groups excluding carboxylic acids is 1. The molecule has 2 aromatic rings. The van der Waals surface area contributed by atoms with Gasteiger partial charge in [0.1, 0.15) is 16.1 Å². The second-order valence-corrected chi connectivity index (χ2v) is 5.64. The molecule has 2 aromatic heterocycles. The highest BCUT2D eigenvalue weighted by atomic mass is 35.5. The Labute approximate surface area is 119 Å². The molecule has 0 aliphatic carbocycles. The molecule has 0 bridgehead atoms. The molecule has 0 saturated carbocycles. The second-order valence-electron chi connectivity index (χ2n) is 3.92. The van der Waals surface area contributed by atoms with E-state index < -0.39 is 21.1 Å². The maximum atomic E-state index is 13.0. The molecule has 2 rings (SSSR count). The molecule has 0 saturated heterocycles. The summed E-state index contributed by atoms with van der Waals surface area (Å²) < 4.78 is 40.9. The summed E-state index contributed by atoms with van der Waals surface area (Å²) in [5, 5.41) is 0.0313. The molecule has 0 unspecified atom stereocenters. The maximum Gasteiger partial charge on any atom is 0.356 e. The lowest BCUT2D eigenvalue weighted by Crippen LogP contribution is -2.10. The van der Waals surface area contributed by atoms with Crippen LogP contribution in [0.1, 0.15) is 17.4 Å². The number of ether oxygens (including phenoxy) is 1. The fourth-order valence-corrected chi connectivity index (χ4v) is 2.58. The standard InChI is InChI=1S/C11H10ClFN2O4S/c1-3-19-11(16)10-8(12)9-7(15(10)2)4-6(5-14-9)20(13,17)18/h4-5H,3H2,1-2H3. The van der Waals surface area contributed by atoms with E-state index in [0.717, 1.165) is 12.3 Å². The second kappa shape index (κ2) is 5.02. The predicted octanol–water partition coefficient (Wildman–Crippen LogP) is 2.06. The molecule has 108 valence electrons. The molecule has 0 radical (unpaired) electrons. The Hall–Kier alpha value is -1.67. The van der Waals surface area contributed by atoms with Gasteiger partial charge in [-0.3, -0.25) is 4.98 Å². The lowest BCUT2D eigenvalue weighted by molar-refractivity contribution is 0.0516. The highest BCUT2D eigenvalue weighted by molar-refractivity contribution is 7.86. The van der Waals surface area contributed by atoms with Crippen molar-refractivity contribution in [1.29, 1.82) is 0 Å². The normalized spacial score (nSPS) is 11.8. The van der Waals surface area contributed by atoms with E-state index in [2.05, 4.69) is 4.98 Å². The minimum absolute atomic E-state index is 0.0313. The summed E-state index contributed by atoms with van der Waals surface area (Å²) in [7, 11) is -3.40. The van der Waals surface area contributed by atoms with Crippen LogP contribution in [0.25, 0.3) is 11.0 Å². The SMILES string of the molecule is CCOC(=O)c1c(Cl)c2ncc(S(=O)(=O)F)cc2n1C. The van der Waals surface area contributed by atoms with Gasteiger partial charge in [0, 0.05) is 13.2 Å². The lowest BCUT2D eigenvalue weighted by atomic mass is 10.3. The van der Waals surface area contributed by atoms with Gasteiger partial charge < -0.3 is 9.30 Å². The van der Waals surface area contributed by atoms with Crippen LogP contribution in [0, 0.1) is 0 Å². The van der Waals surface area contributed by atoms with Crippen molar-refractivity contribution in [2.45, 2.75) is 11.8 Å². The van der Waals surface area contributed by atoms with Gasteiger partial charge in [-0.15, -0.1) is 3.89 Å². The largest absolute Gasteiger partial charge is 0.461 e. The molecule has 20 heavy (non-hydrogen) atoms. The van der Waals surface area contributed by atoms with E-state index in [-0.39, 0.29) is 28.4 Å². The molecule has 0 amide bonds. The first-order valence-corrected chi connectivity index (χ1v) is 7.29. The van der Waals surface area contributed by atoms with E-state index >= 15 is 0 Å². The van der Waals surface area contributed by atoms with Crippen LogP contribution in [-0.4, -0.2) is 30.5 Å². The van der Waals surface area contributed by atoms with E-state index in [1.54, 1.807) is 6.92 Å². The number of nitrogens with zero attached hydrogens (tertiary/aromatic N) is 2. The Morgan fingerprint density at radius 2 is 2.20 bits per heavy atom. The zero-order valence-electron chi connectivity index (χ0n) is 10.6. The number of hydrogen-bond donors (Lipinski definition) is 0. The van der Waals surface area contributed by atoms with Crippen molar-refractivity contribution in [3.8, 4) is 0 Å². The summed E-state index contributed by atoms with van der Waals surface area (Å²) in [4.78, 5) is 15.0. The molecule has 9 heteroatoms. The van der Waals surface area contributed by atoms with Gasteiger partial charge in [0.05, 0.1) is 17.1 Å². The molecule has 0 aliphatic rings. The average Bonchev–Trinajstić information content (AvgIpc) is 2.61. The number of aryl methyl sites for hydroxylation is 1. The molecule has 0 spiro atoms. The van der Waals surface area contributed by atoms with Crippen molar-refractivity contribution >= 4 is 38.8 Å². The van der Waals surface area contributed by atoms with Crippen LogP contribution in [-0.2, 0) is 22.0 Å². The molecule has 0 aromatic carbocycles. The molecular formula is C11H10ClFN2O4S. The van der Waals surface area contributed by atoms with Crippen LogP contribution in [0.15, 0.2) is 17.2 Å². The summed E-state index contributed by atoms with van der Waals surface area (Å²) >= 11 is 6.03. The van der Waals surface area contributed by atoms with Gasteiger partial charge in [0.2, 0.25) is 0 Å². The van der Waals surface area contributed by atoms with Crippen LogP contribution < -0.4 is 0 Å². The van der Waals surface area contributed by atoms with Gasteiger partial charge in [-0.25, -0.2) is 4.79 Å². The van der Waals surface area contributed by atoms with Crippen molar-refractivity contribution in [2.75, 3.05) is 6.61 Å². The monoisotopic (exact) mass is 320 g/mol. The van der Waals surface area contributed by atoms with Crippen LogP contribution in [0.3, 0.4) is 0 Å². The van der Waals surface area contributed by atoms with Gasteiger partial charge in [-0.1, -0.05) is 11.6 Å². The van der Waals surface area contributed by atoms with Gasteiger partial charge in [0.15, 0.2) is 0 Å². The summed E-state index contributed by atoms with van der Waals surface area (Å²) in [5.41, 5.74) is 0.450. The lowest BCUT2D eigenvalue weighted by Gasteiger charge is -2.03. The number of aromatic nitrogens is 2. The third-order valence-corrected chi connectivity index (χ3v) is 3.85. The summed E-state index contributed by atoms with van der Waals surface area (Å²) in [6.45, 7) is 1.80. The fraction of sp³-hybridized carbons (Fsp3) is 0.273. The molecule has 0 N–H and O–H groups in total. The smallest absolute Gasteiger partial charge is 0.356 e. The van der Waals surface area contributed by atoms with Crippen molar-refractivity contribution in [1.82, 2.24) is 9.55 Å². The number of esters is 1. The maximum absolute atomic E-state index is 13.0. The van der Waals surface area contributed by atoms with Crippen LogP contribution in [0.2, 0.25) is 5.02 Å². The number of halogens is 2. The van der Waals surface area contributed by atoms with Crippen molar-refractivity contribution in [2.24, 2.45) is 7.05 Å². The highest BCUT2D eigenvalue weighted by Crippen LogP contribution is 2.30. The first kappa shape index (κ1) is 14.7. The van der Waals surface area contributed by atoms with Gasteiger partial charge in [-0.05, 0) is 13.0 Å². The van der Waals surface area contributed by atoms with Gasteiger partial charge >= 0.3 is 16.2 Å². The van der Waals surface area contributed by atoms with E-state index in [1.807, 2.05) is 0 Å². The third kappa shape index (κ3) is 2.36. The number of carbonyl (C=O) groups is 1. The van der Waals surface area contributed by atoms with Gasteiger partial charge in [-0.2, -0.15) is 8.42 Å². The fourth-order valence-electron chi connectivity index (χ4n) is 1.80. The summed E-state index contributed by atoms with van der Waals surface area (Å²) in [6.07, 6.45) is 0.846.